The fourth-order valence-electron chi connectivity index (χ4n) is 6.81. The second-order valence-electron chi connectivity index (χ2n) is 10.9. The highest BCUT2D eigenvalue weighted by molar-refractivity contribution is 5.99. The zero-order valence-corrected chi connectivity index (χ0v) is 22.1. The first-order chi connectivity index (χ1) is 18.4. The molecule has 2 aromatic rings. The fourth-order valence-corrected chi connectivity index (χ4v) is 6.81. The minimum Gasteiger partial charge on any atom is -0.394 e. The Bertz CT molecular complexity index is 1170. The number of ether oxygens (including phenoxy) is 1. The lowest BCUT2D eigenvalue weighted by atomic mass is 9.66. The van der Waals surface area contributed by atoms with Crippen LogP contribution in [0.3, 0.4) is 0 Å². The van der Waals surface area contributed by atoms with Crippen molar-refractivity contribution in [3.05, 3.63) is 71.8 Å². The maximum Gasteiger partial charge on any atom is 0.245 e. The van der Waals surface area contributed by atoms with Crippen molar-refractivity contribution in [1.82, 2.24) is 15.5 Å². The maximum absolute atomic E-state index is 14.3. The van der Waals surface area contributed by atoms with Gasteiger partial charge in [0.1, 0.15) is 11.6 Å². The molecule has 3 aliphatic heterocycles. The summed E-state index contributed by atoms with van der Waals surface area (Å²) in [5.74, 6) is -2.40. The lowest BCUT2D eigenvalue weighted by Crippen LogP contribution is -2.56. The minimum atomic E-state index is -1.13. The van der Waals surface area contributed by atoms with Gasteiger partial charge in [0.25, 0.3) is 0 Å². The minimum absolute atomic E-state index is 0.247. The Kier molecular flexibility index (Phi) is 7.29. The van der Waals surface area contributed by atoms with Crippen LogP contribution >= 0.6 is 0 Å². The normalized spacial score (nSPS) is 30.2. The molecule has 0 radical (unpaired) electrons. The number of rotatable bonds is 10. The van der Waals surface area contributed by atoms with Gasteiger partial charge in [-0.25, -0.2) is 0 Å². The van der Waals surface area contributed by atoms with Crippen LogP contribution in [-0.4, -0.2) is 58.1 Å². The fraction of sp³-hybridized carbons (Fsp3) is 0.500. The van der Waals surface area contributed by atoms with Crippen LogP contribution in [0.2, 0.25) is 0 Å². The van der Waals surface area contributed by atoms with E-state index in [1.807, 2.05) is 74.5 Å². The number of aliphatic hydroxyl groups excluding tert-OH is 1. The Morgan fingerprint density at radius 1 is 1.05 bits per heavy atom. The largest absolute Gasteiger partial charge is 0.394 e. The SMILES string of the molecule is CCCCNC(=O)C1N([C@H](CO)c2ccccc2)C(=O)[C@@H]2[C@H](C(=O)NCc3ccccc3)[C@]3(C)CCC12O3. The molecule has 2 unspecified atom stereocenters. The Hall–Kier alpha value is -3.23. The van der Waals surface area contributed by atoms with Crippen LogP contribution in [0.5, 0.6) is 0 Å². The first-order valence-electron chi connectivity index (χ1n) is 13.6. The number of unbranched alkanes of at least 4 members (excludes halogenated alkanes) is 1. The number of nitrogens with zero attached hydrogens (tertiary/aromatic N) is 1. The average Bonchev–Trinajstić information content (AvgIpc) is 3.50. The quantitative estimate of drug-likeness (QED) is 0.419. The first-order valence-corrected chi connectivity index (χ1v) is 13.6. The van der Waals surface area contributed by atoms with Crippen LogP contribution in [0.4, 0.5) is 0 Å². The van der Waals surface area contributed by atoms with E-state index in [0.717, 1.165) is 24.0 Å². The van der Waals surface area contributed by atoms with Gasteiger partial charge < -0.3 is 25.4 Å². The number of likely N-dealkylation sites (tertiary alicyclic amines) is 1. The van der Waals surface area contributed by atoms with Crippen LogP contribution in [0.25, 0.3) is 0 Å². The van der Waals surface area contributed by atoms with Gasteiger partial charge in [-0.2, -0.15) is 0 Å². The van der Waals surface area contributed by atoms with Crippen molar-refractivity contribution < 1.29 is 24.2 Å². The van der Waals surface area contributed by atoms with Crippen molar-refractivity contribution >= 4 is 17.7 Å². The Labute approximate surface area is 223 Å². The highest BCUT2D eigenvalue weighted by Crippen LogP contribution is 2.64. The van der Waals surface area contributed by atoms with Gasteiger partial charge >= 0.3 is 0 Å². The van der Waals surface area contributed by atoms with Gasteiger partial charge in [0.15, 0.2) is 0 Å². The summed E-state index contributed by atoms with van der Waals surface area (Å²) in [5, 5.41) is 16.5. The number of amides is 3. The van der Waals surface area contributed by atoms with Crippen LogP contribution in [-0.2, 0) is 25.7 Å². The lowest BCUT2D eigenvalue weighted by Gasteiger charge is -2.37. The Balaban J connectivity index is 1.51. The zero-order valence-electron chi connectivity index (χ0n) is 22.1. The third kappa shape index (κ3) is 4.29. The molecular formula is C30H37N3O5. The van der Waals surface area contributed by atoms with Gasteiger partial charge in [-0.3, -0.25) is 14.4 Å². The van der Waals surface area contributed by atoms with Gasteiger partial charge in [-0.1, -0.05) is 74.0 Å². The summed E-state index contributed by atoms with van der Waals surface area (Å²) in [6, 6.07) is 17.2. The molecule has 0 aromatic heterocycles. The number of hydrogen-bond donors (Lipinski definition) is 3. The number of nitrogens with one attached hydrogen (secondary N) is 2. The predicted octanol–water partition coefficient (Wildman–Crippen LogP) is 2.72. The summed E-state index contributed by atoms with van der Waals surface area (Å²) in [6.07, 6.45) is 2.80. The van der Waals surface area contributed by atoms with Crippen LogP contribution in [0.15, 0.2) is 60.7 Å². The number of fused-ring (bicyclic) bond motifs is 1. The molecule has 3 aliphatic rings. The molecule has 38 heavy (non-hydrogen) atoms. The van der Waals surface area contributed by atoms with Gasteiger partial charge in [-0.15, -0.1) is 0 Å². The average molecular weight is 520 g/mol. The van der Waals surface area contributed by atoms with Crippen LogP contribution in [0, 0.1) is 11.8 Å². The van der Waals surface area contributed by atoms with Gasteiger partial charge in [0.2, 0.25) is 17.7 Å². The standard InChI is InChI=1S/C30H37N3O5/c1-3-4-17-31-27(36)25-30-16-15-29(2,38-30)23(26(35)32-18-20-11-7-5-8-12-20)24(30)28(37)33(25)22(19-34)21-13-9-6-10-14-21/h5-14,22-25,34H,3-4,15-19H2,1-2H3,(H,31,36)(H,32,35)/t22-,23-,24+,25?,29+,30?/m1/s1. The summed E-state index contributed by atoms with van der Waals surface area (Å²) in [6.45, 7) is 4.41. The van der Waals surface area contributed by atoms with E-state index in [2.05, 4.69) is 10.6 Å². The monoisotopic (exact) mass is 519 g/mol. The van der Waals surface area contributed by atoms with Crippen molar-refractivity contribution in [3.63, 3.8) is 0 Å². The third-order valence-corrected chi connectivity index (χ3v) is 8.58. The van der Waals surface area contributed by atoms with Crippen molar-refractivity contribution in [2.75, 3.05) is 13.2 Å². The zero-order chi connectivity index (χ0) is 26.9. The summed E-state index contributed by atoms with van der Waals surface area (Å²) >= 11 is 0. The Morgan fingerprint density at radius 2 is 1.74 bits per heavy atom. The Morgan fingerprint density at radius 3 is 2.39 bits per heavy atom. The molecule has 1 spiro atoms. The van der Waals surface area contributed by atoms with Crippen molar-refractivity contribution in [2.45, 2.75) is 69.4 Å². The van der Waals surface area contributed by atoms with E-state index < -0.39 is 35.1 Å². The summed E-state index contributed by atoms with van der Waals surface area (Å²) < 4.78 is 6.66. The molecule has 2 aromatic carbocycles. The maximum atomic E-state index is 14.3. The summed E-state index contributed by atoms with van der Waals surface area (Å²) in [5.41, 5.74) is -0.283. The highest BCUT2D eigenvalue weighted by atomic mass is 16.5. The van der Waals surface area contributed by atoms with E-state index in [4.69, 9.17) is 4.74 Å². The molecule has 3 fully saturated rings. The molecule has 3 saturated heterocycles. The summed E-state index contributed by atoms with van der Waals surface area (Å²) in [7, 11) is 0. The number of benzene rings is 2. The molecule has 5 rings (SSSR count). The number of carbonyl (C=O) groups excluding carboxylic acids is 3. The van der Waals surface area contributed by atoms with Crippen molar-refractivity contribution in [2.24, 2.45) is 11.8 Å². The first kappa shape index (κ1) is 26.4. The molecule has 8 nitrogen and oxygen atoms in total. The molecule has 6 atom stereocenters. The lowest BCUT2D eigenvalue weighted by molar-refractivity contribution is -0.149. The number of hydrogen-bond acceptors (Lipinski definition) is 5. The van der Waals surface area contributed by atoms with E-state index >= 15 is 0 Å². The molecule has 202 valence electrons. The van der Waals surface area contributed by atoms with E-state index in [-0.39, 0.29) is 24.3 Å². The van der Waals surface area contributed by atoms with Gasteiger partial charge in [0.05, 0.1) is 30.1 Å². The van der Waals surface area contributed by atoms with Crippen LogP contribution < -0.4 is 10.6 Å². The molecule has 0 aliphatic carbocycles. The van der Waals surface area contributed by atoms with Crippen molar-refractivity contribution in [3.8, 4) is 0 Å². The topological polar surface area (TPSA) is 108 Å². The number of carbonyl (C=O) groups is 3. The van der Waals surface area contributed by atoms with Crippen molar-refractivity contribution in [1.29, 1.82) is 0 Å². The molecule has 3 amide bonds. The van der Waals surface area contributed by atoms with Crippen LogP contribution in [0.1, 0.15) is 56.7 Å². The van der Waals surface area contributed by atoms with E-state index in [0.29, 0.717) is 25.9 Å². The molecule has 8 heteroatoms. The predicted molar refractivity (Wildman–Crippen MR) is 142 cm³/mol. The molecule has 0 saturated carbocycles. The second-order valence-corrected chi connectivity index (χ2v) is 10.9. The highest BCUT2D eigenvalue weighted by Gasteiger charge is 2.78. The van der Waals surface area contributed by atoms with Gasteiger partial charge in [-0.05, 0) is 37.3 Å². The smallest absolute Gasteiger partial charge is 0.245 e. The molecule has 3 heterocycles. The molecule has 2 bridgehead atoms. The third-order valence-electron chi connectivity index (χ3n) is 8.58. The second kappa shape index (κ2) is 10.5. The van der Waals surface area contributed by atoms with E-state index in [1.54, 1.807) is 0 Å². The number of aliphatic hydroxyl groups is 1. The molecule has 3 N–H and O–H groups in total. The molecular weight excluding hydrogens is 482 g/mol. The van der Waals surface area contributed by atoms with E-state index in [9.17, 15) is 19.5 Å². The van der Waals surface area contributed by atoms with Gasteiger partial charge in [0, 0.05) is 13.1 Å². The summed E-state index contributed by atoms with van der Waals surface area (Å²) in [4.78, 5) is 43.3. The van der Waals surface area contributed by atoms with E-state index in [1.165, 1.54) is 4.90 Å².